The van der Waals surface area contributed by atoms with Gasteiger partial charge in [0.15, 0.2) is 0 Å². The molecule has 0 saturated carbocycles. The first-order chi connectivity index (χ1) is 10.2. The lowest BCUT2D eigenvalue weighted by atomic mass is 10.1. The van der Waals surface area contributed by atoms with Crippen molar-refractivity contribution in [1.82, 2.24) is 14.9 Å². The van der Waals surface area contributed by atoms with Crippen LogP contribution < -0.4 is 10.1 Å². The first-order valence-electron chi connectivity index (χ1n) is 7.59. The molecule has 0 amide bonds. The third-order valence-corrected chi connectivity index (χ3v) is 3.49. The summed E-state index contributed by atoms with van der Waals surface area (Å²) in [5.74, 6) is 2.58. The van der Waals surface area contributed by atoms with Crippen molar-refractivity contribution < 1.29 is 4.74 Å². The molecular weight excluding hydrogens is 262 g/mol. The fourth-order valence-corrected chi connectivity index (χ4v) is 2.33. The van der Waals surface area contributed by atoms with E-state index < -0.39 is 0 Å². The lowest BCUT2D eigenvalue weighted by Gasteiger charge is -2.14. The molecule has 2 aromatic rings. The smallest absolute Gasteiger partial charge is 0.119 e. The van der Waals surface area contributed by atoms with Gasteiger partial charge in [0.05, 0.1) is 6.61 Å². The largest absolute Gasteiger partial charge is 0.494 e. The van der Waals surface area contributed by atoms with Gasteiger partial charge in [-0.3, -0.25) is 0 Å². The fourth-order valence-electron chi connectivity index (χ4n) is 2.33. The molecule has 21 heavy (non-hydrogen) atoms. The average molecular weight is 287 g/mol. The van der Waals surface area contributed by atoms with Crippen LogP contribution in [0.4, 0.5) is 0 Å². The minimum absolute atomic E-state index is 0.570. The van der Waals surface area contributed by atoms with Gasteiger partial charge < -0.3 is 14.6 Å². The van der Waals surface area contributed by atoms with Gasteiger partial charge in [0.1, 0.15) is 11.6 Å². The van der Waals surface area contributed by atoms with Crippen molar-refractivity contribution in [2.45, 2.75) is 33.9 Å². The van der Waals surface area contributed by atoms with Gasteiger partial charge in [-0.1, -0.05) is 19.1 Å². The second-order valence-electron chi connectivity index (χ2n) is 5.44. The Morgan fingerprint density at radius 2 is 2.05 bits per heavy atom. The van der Waals surface area contributed by atoms with E-state index in [9.17, 15) is 0 Å². The number of hydrogen-bond donors (Lipinski definition) is 1. The molecule has 0 aliphatic carbocycles. The standard InChI is InChI=1S/C17H25N3O/c1-4-21-17-7-5-16(6-8-17)12-18-11-14(2)13-20-10-9-19-15(20)3/h5-10,14,18H,4,11-13H2,1-3H3. The van der Waals surface area contributed by atoms with Gasteiger partial charge in [0.2, 0.25) is 0 Å². The van der Waals surface area contributed by atoms with Crippen molar-refractivity contribution in [3.8, 4) is 5.75 Å². The lowest BCUT2D eigenvalue weighted by Crippen LogP contribution is -2.24. The van der Waals surface area contributed by atoms with E-state index in [1.54, 1.807) is 0 Å². The third kappa shape index (κ3) is 4.90. The molecule has 0 bridgehead atoms. The van der Waals surface area contributed by atoms with Crippen LogP contribution in [-0.4, -0.2) is 22.7 Å². The minimum Gasteiger partial charge on any atom is -0.494 e. The predicted octanol–water partition coefficient (Wildman–Crippen LogP) is 3.02. The van der Waals surface area contributed by atoms with Gasteiger partial charge in [-0.2, -0.15) is 0 Å². The van der Waals surface area contributed by atoms with Gasteiger partial charge in [-0.25, -0.2) is 4.98 Å². The molecule has 0 fully saturated rings. The number of rotatable bonds is 8. The molecule has 0 aliphatic rings. The molecule has 0 aliphatic heterocycles. The average Bonchev–Trinajstić information content (AvgIpc) is 2.86. The summed E-state index contributed by atoms with van der Waals surface area (Å²) in [6, 6.07) is 8.28. The molecule has 1 aromatic heterocycles. The molecule has 2 rings (SSSR count). The van der Waals surface area contributed by atoms with Gasteiger partial charge >= 0.3 is 0 Å². The summed E-state index contributed by atoms with van der Waals surface area (Å²) in [6.07, 6.45) is 3.90. The summed E-state index contributed by atoms with van der Waals surface area (Å²) in [6.45, 7) is 9.89. The number of aryl methyl sites for hydroxylation is 1. The molecule has 1 N–H and O–H groups in total. The Hall–Kier alpha value is -1.81. The van der Waals surface area contributed by atoms with Crippen LogP contribution in [0.1, 0.15) is 25.2 Å². The Balaban J connectivity index is 1.72. The molecule has 4 nitrogen and oxygen atoms in total. The molecule has 1 unspecified atom stereocenters. The van der Waals surface area contributed by atoms with Crippen molar-refractivity contribution in [1.29, 1.82) is 0 Å². The van der Waals surface area contributed by atoms with E-state index >= 15 is 0 Å². The van der Waals surface area contributed by atoms with Crippen molar-refractivity contribution in [2.75, 3.05) is 13.2 Å². The maximum Gasteiger partial charge on any atom is 0.119 e. The van der Waals surface area contributed by atoms with E-state index in [2.05, 4.69) is 33.9 Å². The maximum absolute atomic E-state index is 5.44. The van der Waals surface area contributed by atoms with E-state index in [1.165, 1.54) is 5.56 Å². The highest BCUT2D eigenvalue weighted by Crippen LogP contribution is 2.12. The first-order valence-corrected chi connectivity index (χ1v) is 7.59. The number of ether oxygens (including phenoxy) is 1. The van der Waals surface area contributed by atoms with Gasteiger partial charge in [0, 0.05) is 25.5 Å². The third-order valence-electron chi connectivity index (χ3n) is 3.49. The Kier molecular flexibility index (Phi) is 5.81. The SMILES string of the molecule is CCOc1ccc(CNCC(C)Cn2ccnc2C)cc1. The zero-order valence-corrected chi connectivity index (χ0v) is 13.2. The number of hydrogen-bond acceptors (Lipinski definition) is 3. The zero-order valence-electron chi connectivity index (χ0n) is 13.2. The summed E-state index contributed by atoms with van der Waals surface area (Å²) in [5, 5.41) is 3.51. The van der Waals surface area contributed by atoms with Crippen LogP contribution in [0.5, 0.6) is 5.75 Å². The van der Waals surface area contributed by atoms with Crippen molar-refractivity contribution in [2.24, 2.45) is 5.92 Å². The topological polar surface area (TPSA) is 39.1 Å². The molecule has 1 heterocycles. The molecule has 1 atom stereocenters. The van der Waals surface area contributed by atoms with Crippen LogP contribution in [0.3, 0.4) is 0 Å². The molecule has 4 heteroatoms. The second kappa shape index (κ2) is 7.84. The number of aromatic nitrogens is 2. The van der Waals surface area contributed by atoms with E-state index in [4.69, 9.17) is 4.74 Å². The van der Waals surface area contributed by atoms with Gasteiger partial charge in [-0.15, -0.1) is 0 Å². The molecule has 114 valence electrons. The van der Waals surface area contributed by atoms with Crippen LogP contribution in [-0.2, 0) is 13.1 Å². The summed E-state index contributed by atoms with van der Waals surface area (Å²) >= 11 is 0. The monoisotopic (exact) mass is 287 g/mol. The molecule has 0 spiro atoms. The number of nitrogens with zero attached hydrogens (tertiary/aromatic N) is 2. The highest BCUT2D eigenvalue weighted by atomic mass is 16.5. The highest BCUT2D eigenvalue weighted by molar-refractivity contribution is 5.27. The molecule has 0 saturated heterocycles. The van der Waals surface area contributed by atoms with Crippen LogP contribution in [0.2, 0.25) is 0 Å². The summed E-state index contributed by atoms with van der Waals surface area (Å²) in [5.41, 5.74) is 1.28. The van der Waals surface area contributed by atoms with Crippen LogP contribution in [0, 0.1) is 12.8 Å². The summed E-state index contributed by atoms with van der Waals surface area (Å²) < 4.78 is 7.64. The number of benzene rings is 1. The van der Waals surface area contributed by atoms with E-state index in [-0.39, 0.29) is 0 Å². The molecular formula is C17H25N3O. The van der Waals surface area contributed by atoms with Crippen LogP contribution in [0.25, 0.3) is 0 Å². The van der Waals surface area contributed by atoms with Crippen molar-refractivity contribution in [3.63, 3.8) is 0 Å². The molecule has 1 aromatic carbocycles. The van der Waals surface area contributed by atoms with Gasteiger partial charge in [-0.05, 0) is 44.0 Å². The van der Waals surface area contributed by atoms with Crippen molar-refractivity contribution in [3.05, 3.63) is 48.0 Å². The first kappa shape index (κ1) is 15.6. The van der Waals surface area contributed by atoms with Gasteiger partial charge in [0.25, 0.3) is 0 Å². The quantitative estimate of drug-likeness (QED) is 0.811. The number of nitrogens with one attached hydrogen (secondary N) is 1. The van der Waals surface area contributed by atoms with Crippen LogP contribution in [0.15, 0.2) is 36.7 Å². The maximum atomic E-state index is 5.44. The van der Waals surface area contributed by atoms with E-state index in [0.29, 0.717) is 12.5 Å². The zero-order chi connectivity index (χ0) is 15.1. The highest BCUT2D eigenvalue weighted by Gasteiger charge is 2.05. The summed E-state index contributed by atoms with van der Waals surface area (Å²) in [4.78, 5) is 4.25. The Morgan fingerprint density at radius 1 is 1.29 bits per heavy atom. The second-order valence-corrected chi connectivity index (χ2v) is 5.44. The number of imidazole rings is 1. The van der Waals surface area contributed by atoms with E-state index in [0.717, 1.165) is 31.2 Å². The Bertz CT molecular complexity index is 533. The normalized spacial score (nSPS) is 12.3. The molecule has 0 radical (unpaired) electrons. The van der Waals surface area contributed by atoms with Crippen LogP contribution >= 0.6 is 0 Å². The minimum atomic E-state index is 0.570. The predicted molar refractivity (Wildman–Crippen MR) is 85.4 cm³/mol. The van der Waals surface area contributed by atoms with E-state index in [1.807, 2.05) is 38.4 Å². The fraction of sp³-hybridized carbons (Fsp3) is 0.471. The van der Waals surface area contributed by atoms with Crippen molar-refractivity contribution >= 4 is 0 Å². The Morgan fingerprint density at radius 3 is 2.67 bits per heavy atom. The Labute approximate surface area is 127 Å². The lowest BCUT2D eigenvalue weighted by molar-refractivity contribution is 0.340. The summed E-state index contributed by atoms with van der Waals surface area (Å²) in [7, 11) is 0.